The molecule has 6 heteroatoms. The maximum atomic E-state index is 11.4. The number of hydrogen-bond acceptors (Lipinski definition) is 4. The summed E-state index contributed by atoms with van der Waals surface area (Å²) in [7, 11) is -3.29. The molecule has 0 radical (unpaired) electrons. The first-order valence-corrected chi connectivity index (χ1v) is 9.73. The lowest BCUT2D eigenvalue weighted by Gasteiger charge is -2.13. The molecule has 128 valence electrons. The fourth-order valence-electron chi connectivity index (χ4n) is 2.72. The van der Waals surface area contributed by atoms with E-state index in [0.29, 0.717) is 12.3 Å². The van der Waals surface area contributed by atoms with Gasteiger partial charge in [-0.25, -0.2) is 8.42 Å². The minimum Gasteiger partial charge on any atom is -0.488 e. The Balaban J connectivity index is 1.81. The second-order valence-corrected chi connectivity index (χ2v) is 7.78. The van der Waals surface area contributed by atoms with Crippen molar-refractivity contribution in [3.8, 4) is 16.9 Å². The zero-order valence-corrected chi connectivity index (χ0v) is 14.6. The molecule has 0 saturated carbocycles. The van der Waals surface area contributed by atoms with Crippen molar-refractivity contribution in [3.05, 3.63) is 48.0 Å². The molecule has 1 fully saturated rings. The van der Waals surface area contributed by atoms with E-state index in [4.69, 9.17) is 9.47 Å². The lowest BCUT2D eigenvalue weighted by molar-refractivity contribution is 0.141. The van der Waals surface area contributed by atoms with Crippen LogP contribution < -0.4 is 9.46 Å². The van der Waals surface area contributed by atoms with Crippen LogP contribution in [0.25, 0.3) is 11.1 Å². The largest absolute Gasteiger partial charge is 0.488 e. The third-order valence-electron chi connectivity index (χ3n) is 3.90. The topological polar surface area (TPSA) is 64.6 Å². The van der Waals surface area contributed by atoms with Gasteiger partial charge in [0.05, 0.1) is 19.5 Å². The number of rotatable bonds is 5. The molecule has 1 unspecified atom stereocenters. The van der Waals surface area contributed by atoms with Gasteiger partial charge in [-0.1, -0.05) is 18.2 Å². The van der Waals surface area contributed by atoms with Crippen LogP contribution in [0.4, 0.5) is 5.69 Å². The van der Waals surface area contributed by atoms with Crippen molar-refractivity contribution in [1.29, 1.82) is 0 Å². The third-order valence-corrected chi connectivity index (χ3v) is 4.50. The Morgan fingerprint density at radius 3 is 2.54 bits per heavy atom. The predicted octanol–water partition coefficient (Wildman–Crippen LogP) is 3.20. The first-order valence-electron chi connectivity index (χ1n) is 7.84. The molecular weight excluding hydrogens is 326 g/mol. The van der Waals surface area contributed by atoms with Crippen molar-refractivity contribution < 1.29 is 17.9 Å². The van der Waals surface area contributed by atoms with Crippen molar-refractivity contribution in [2.45, 2.75) is 19.4 Å². The maximum absolute atomic E-state index is 11.4. The molecule has 2 aromatic rings. The lowest BCUT2D eigenvalue weighted by Crippen LogP contribution is -2.15. The Hall–Kier alpha value is -2.05. The van der Waals surface area contributed by atoms with Gasteiger partial charge in [-0.05, 0) is 47.9 Å². The van der Waals surface area contributed by atoms with E-state index in [1.54, 1.807) is 6.07 Å². The number of anilines is 1. The minimum absolute atomic E-state index is 0.125. The molecular formula is C18H21NO4S. The standard InChI is InChI=1S/C18H21NO4S/c1-13-3-6-15(19-24(2,20)21)11-18(13)14-4-7-16(8-5-14)23-17-9-10-22-12-17/h3-8,11,17,19H,9-10,12H2,1-2H3. The van der Waals surface area contributed by atoms with Gasteiger partial charge in [-0.3, -0.25) is 4.72 Å². The fourth-order valence-corrected chi connectivity index (χ4v) is 3.28. The van der Waals surface area contributed by atoms with Crippen LogP contribution in [0.15, 0.2) is 42.5 Å². The average Bonchev–Trinajstić information content (AvgIpc) is 3.02. The van der Waals surface area contributed by atoms with Gasteiger partial charge in [0.15, 0.2) is 0 Å². The van der Waals surface area contributed by atoms with Crippen molar-refractivity contribution in [2.24, 2.45) is 0 Å². The summed E-state index contributed by atoms with van der Waals surface area (Å²) < 4.78 is 36.5. The number of benzene rings is 2. The molecule has 3 rings (SSSR count). The summed E-state index contributed by atoms with van der Waals surface area (Å²) in [6.07, 6.45) is 2.19. The Bertz CT molecular complexity index is 809. The quantitative estimate of drug-likeness (QED) is 0.902. The lowest BCUT2D eigenvalue weighted by atomic mass is 10.00. The molecule has 0 amide bonds. The molecule has 1 aliphatic heterocycles. The number of ether oxygens (including phenoxy) is 2. The van der Waals surface area contributed by atoms with Crippen LogP contribution in [-0.4, -0.2) is 34.0 Å². The summed E-state index contributed by atoms with van der Waals surface area (Å²) in [6.45, 7) is 3.39. The monoisotopic (exact) mass is 347 g/mol. The van der Waals surface area contributed by atoms with E-state index < -0.39 is 10.0 Å². The highest BCUT2D eigenvalue weighted by Gasteiger charge is 2.17. The molecule has 5 nitrogen and oxygen atoms in total. The number of hydrogen-bond donors (Lipinski definition) is 1. The molecule has 1 saturated heterocycles. The minimum atomic E-state index is -3.29. The summed E-state index contributed by atoms with van der Waals surface area (Å²) in [5, 5.41) is 0. The van der Waals surface area contributed by atoms with Gasteiger partial charge in [0.2, 0.25) is 10.0 Å². The molecule has 1 atom stereocenters. The molecule has 2 aromatic carbocycles. The summed E-state index contributed by atoms with van der Waals surface area (Å²) >= 11 is 0. The van der Waals surface area contributed by atoms with Gasteiger partial charge < -0.3 is 9.47 Å². The zero-order chi connectivity index (χ0) is 17.2. The second-order valence-electron chi connectivity index (χ2n) is 6.03. The van der Waals surface area contributed by atoms with E-state index in [9.17, 15) is 8.42 Å². The van der Waals surface area contributed by atoms with Crippen LogP contribution in [0.5, 0.6) is 5.75 Å². The van der Waals surface area contributed by atoms with E-state index in [-0.39, 0.29) is 6.10 Å². The maximum Gasteiger partial charge on any atom is 0.229 e. The highest BCUT2D eigenvalue weighted by atomic mass is 32.2. The molecule has 0 spiro atoms. The summed E-state index contributed by atoms with van der Waals surface area (Å²) in [5.74, 6) is 0.817. The van der Waals surface area contributed by atoms with Crippen molar-refractivity contribution >= 4 is 15.7 Å². The van der Waals surface area contributed by atoms with Crippen molar-refractivity contribution in [1.82, 2.24) is 0 Å². The first-order chi connectivity index (χ1) is 11.4. The van der Waals surface area contributed by atoms with E-state index in [0.717, 1.165) is 41.7 Å². The van der Waals surface area contributed by atoms with Gasteiger partial charge in [-0.15, -0.1) is 0 Å². The smallest absolute Gasteiger partial charge is 0.229 e. The average molecular weight is 347 g/mol. The van der Waals surface area contributed by atoms with Crippen molar-refractivity contribution in [2.75, 3.05) is 24.2 Å². The third kappa shape index (κ3) is 4.27. The van der Waals surface area contributed by atoms with Gasteiger partial charge in [0.25, 0.3) is 0 Å². The van der Waals surface area contributed by atoms with Gasteiger partial charge >= 0.3 is 0 Å². The van der Waals surface area contributed by atoms with Crippen LogP contribution in [0, 0.1) is 6.92 Å². The SMILES string of the molecule is Cc1ccc(NS(C)(=O)=O)cc1-c1ccc(OC2CCOC2)cc1. The Labute approximate surface area is 142 Å². The molecule has 1 aliphatic rings. The number of nitrogens with one attached hydrogen (secondary N) is 1. The van der Waals surface area contributed by atoms with Crippen LogP contribution in [0.3, 0.4) is 0 Å². The first kappa shape index (κ1) is 16.8. The molecule has 0 aliphatic carbocycles. The van der Waals surface area contributed by atoms with E-state index in [1.165, 1.54) is 0 Å². The van der Waals surface area contributed by atoms with Crippen LogP contribution in [0.2, 0.25) is 0 Å². The van der Waals surface area contributed by atoms with Gasteiger partial charge in [0, 0.05) is 12.1 Å². The van der Waals surface area contributed by atoms with E-state index >= 15 is 0 Å². The summed E-state index contributed by atoms with van der Waals surface area (Å²) in [6, 6.07) is 13.3. The summed E-state index contributed by atoms with van der Waals surface area (Å²) in [4.78, 5) is 0. The molecule has 0 aromatic heterocycles. The zero-order valence-electron chi connectivity index (χ0n) is 13.8. The summed E-state index contributed by atoms with van der Waals surface area (Å²) in [5.41, 5.74) is 3.63. The normalized spacial score (nSPS) is 17.7. The Kier molecular flexibility index (Phi) is 4.78. The number of sulfonamides is 1. The molecule has 24 heavy (non-hydrogen) atoms. The molecule has 1 heterocycles. The van der Waals surface area contributed by atoms with Crippen LogP contribution in [0.1, 0.15) is 12.0 Å². The molecule has 1 N–H and O–H groups in total. The van der Waals surface area contributed by atoms with Gasteiger partial charge in [-0.2, -0.15) is 0 Å². The van der Waals surface area contributed by atoms with Crippen molar-refractivity contribution in [3.63, 3.8) is 0 Å². The van der Waals surface area contributed by atoms with Gasteiger partial charge in [0.1, 0.15) is 11.9 Å². The highest BCUT2D eigenvalue weighted by molar-refractivity contribution is 7.92. The Morgan fingerprint density at radius 2 is 1.92 bits per heavy atom. The Morgan fingerprint density at radius 1 is 1.17 bits per heavy atom. The molecule has 0 bridgehead atoms. The van der Waals surface area contributed by atoms with E-state index in [1.807, 2.05) is 43.3 Å². The highest BCUT2D eigenvalue weighted by Crippen LogP contribution is 2.29. The number of aryl methyl sites for hydroxylation is 1. The fraction of sp³-hybridized carbons (Fsp3) is 0.333. The van der Waals surface area contributed by atoms with Crippen LogP contribution in [-0.2, 0) is 14.8 Å². The van der Waals surface area contributed by atoms with E-state index in [2.05, 4.69) is 4.72 Å². The predicted molar refractivity (Wildman–Crippen MR) is 94.9 cm³/mol. The van der Waals surface area contributed by atoms with Crippen LogP contribution >= 0.6 is 0 Å². The second kappa shape index (κ2) is 6.83.